The lowest BCUT2D eigenvalue weighted by Gasteiger charge is -2.14. The second-order valence-corrected chi connectivity index (χ2v) is 13.8. The molecule has 246 valence electrons. The molecule has 3 aromatic heterocycles. The standard InChI is InChI=1S/C45H23B6N5/c46-29-22-31(48)41-37(39(29)50)35-33(55(41)28-18-10-17-27(21-28)24-11-4-1-5-12-24)19-20-34-36(35)38-40(51)30(47)23-32(49)42(38)56(34)45-53-43(25-13-6-2-7-14-25)52-44(54-45)26-15-8-3-9-16-26/h1-23H. The van der Waals surface area contributed by atoms with Crippen LogP contribution in [0.25, 0.3) is 89.2 Å². The molecular formula is C45H23B6N5. The second kappa shape index (κ2) is 13.1. The third-order valence-corrected chi connectivity index (χ3v) is 10.5. The summed E-state index contributed by atoms with van der Waals surface area (Å²) in [5.74, 6) is 1.33. The summed E-state index contributed by atoms with van der Waals surface area (Å²) in [5, 5.41) is 2.83. The van der Waals surface area contributed by atoms with Crippen molar-refractivity contribution in [3.63, 3.8) is 0 Å². The first-order chi connectivity index (χ1) is 27.3. The molecule has 7 aromatic carbocycles. The number of fused-ring (bicyclic) bond motifs is 7. The summed E-state index contributed by atoms with van der Waals surface area (Å²) in [7, 11) is 41.0. The Bertz CT molecular complexity index is 3140. The van der Waals surface area contributed by atoms with Crippen molar-refractivity contribution in [1.82, 2.24) is 24.1 Å². The third kappa shape index (κ3) is 5.21. The molecule has 0 fully saturated rings. The lowest BCUT2D eigenvalue weighted by Crippen LogP contribution is -2.31. The average molecular weight is 699 g/mol. The van der Waals surface area contributed by atoms with Gasteiger partial charge in [-0.3, -0.25) is 4.57 Å². The van der Waals surface area contributed by atoms with E-state index in [9.17, 15) is 0 Å². The number of rotatable bonds is 5. The summed E-state index contributed by atoms with van der Waals surface area (Å²) in [6.07, 6.45) is 0. The molecule has 0 bridgehead atoms. The van der Waals surface area contributed by atoms with Crippen molar-refractivity contribution in [3.8, 4) is 45.5 Å². The van der Waals surface area contributed by atoms with Crippen molar-refractivity contribution in [3.05, 3.63) is 140 Å². The Hall–Kier alpha value is -6.46. The van der Waals surface area contributed by atoms with Gasteiger partial charge in [-0.1, -0.05) is 137 Å². The largest absolute Gasteiger partial charge is 0.310 e. The van der Waals surface area contributed by atoms with Gasteiger partial charge in [-0.25, -0.2) is 4.98 Å². The van der Waals surface area contributed by atoms with Gasteiger partial charge < -0.3 is 4.57 Å². The van der Waals surface area contributed by atoms with Crippen molar-refractivity contribution in [2.45, 2.75) is 0 Å². The number of benzene rings is 7. The normalized spacial score (nSPS) is 11.6. The van der Waals surface area contributed by atoms with Crippen LogP contribution in [-0.2, 0) is 0 Å². The molecule has 0 aliphatic carbocycles. The molecule has 10 rings (SSSR count). The minimum Gasteiger partial charge on any atom is -0.310 e. The maximum atomic E-state index is 6.99. The quantitative estimate of drug-likeness (QED) is 0.257. The molecule has 0 aliphatic rings. The van der Waals surface area contributed by atoms with Crippen LogP contribution in [0.4, 0.5) is 0 Å². The van der Waals surface area contributed by atoms with E-state index in [4.69, 9.17) is 62.0 Å². The number of aromatic nitrogens is 5. The van der Waals surface area contributed by atoms with Crippen molar-refractivity contribution in [2.75, 3.05) is 0 Å². The van der Waals surface area contributed by atoms with Crippen molar-refractivity contribution >= 4 is 123 Å². The summed E-state index contributed by atoms with van der Waals surface area (Å²) >= 11 is 0. The Morgan fingerprint density at radius 3 is 1.32 bits per heavy atom. The predicted octanol–water partition coefficient (Wildman–Crippen LogP) is 3.83. The number of hydrogen-bond acceptors (Lipinski definition) is 3. The highest BCUT2D eigenvalue weighted by Crippen LogP contribution is 2.40. The fourth-order valence-corrected chi connectivity index (χ4v) is 7.98. The fourth-order valence-electron chi connectivity index (χ4n) is 7.98. The third-order valence-electron chi connectivity index (χ3n) is 10.5. The summed E-state index contributed by atoms with van der Waals surface area (Å²) < 4.78 is 4.06. The Balaban J connectivity index is 1.38. The van der Waals surface area contributed by atoms with Crippen molar-refractivity contribution < 1.29 is 0 Å². The zero-order valence-electron chi connectivity index (χ0n) is 30.0. The van der Waals surface area contributed by atoms with Crippen LogP contribution in [0.3, 0.4) is 0 Å². The summed E-state index contributed by atoms with van der Waals surface area (Å²) in [4.78, 5) is 15.1. The zero-order chi connectivity index (χ0) is 38.2. The zero-order valence-corrected chi connectivity index (χ0v) is 30.0. The fraction of sp³-hybridized carbons (Fsp3) is 0. The van der Waals surface area contributed by atoms with E-state index < -0.39 is 0 Å². The van der Waals surface area contributed by atoms with E-state index >= 15 is 0 Å². The Morgan fingerprint density at radius 1 is 0.357 bits per heavy atom. The minimum absolute atomic E-state index is 0.336. The lowest BCUT2D eigenvalue weighted by atomic mass is 9.73. The van der Waals surface area contributed by atoms with Gasteiger partial charge in [0.15, 0.2) is 11.6 Å². The maximum absolute atomic E-state index is 6.99. The maximum Gasteiger partial charge on any atom is 0.238 e. The molecule has 12 radical (unpaired) electrons. The molecule has 3 heterocycles. The Labute approximate surface area is 331 Å². The Kier molecular flexibility index (Phi) is 7.96. The van der Waals surface area contributed by atoms with Gasteiger partial charge in [0.1, 0.15) is 47.1 Å². The molecule has 0 aliphatic heterocycles. The molecular weight excluding hydrogens is 675 g/mol. The topological polar surface area (TPSA) is 48.5 Å². The first-order valence-corrected chi connectivity index (χ1v) is 18.0. The van der Waals surface area contributed by atoms with E-state index in [1.807, 2.05) is 102 Å². The van der Waals surface area contributed by atoms with Gasteiger partial charge in [-0.05, 0) is 35.4 Å². The van der Waals surface area contributed by atoms with Crippen LogP contribution < -0.4 is 32.8 Å². The van der Waals surface area contributed by atoms with Gasteiger partial charge in [0, 0.05) is 49.4 Å². The second-order valence-electron chi connectivity index (χ2n) is 13.8. The molecule has 0 unspecified atom stereocenters. The first-order valence-electron chi connectivity index (χ1n) is 18.0. The van der Waals surface area contributed by atoms with Crippen molar-refractivity contribution in [2.24, 2.45) is 0 Å². The van der Waals surface area contributed by atoms with Gasteiger partial charge >= 0.3 is 0 Å². The Morgan fingerprint density at radius 2 is 0.804 bits per heavy atom. The molecule has 56 heavy (non-hydrogen) atoms. The molecule has 0 amide bonds. The molecule has 0 saturated carbocycles. The molecule has 5 nitrogen and oxygen atoms in total. The number of nitrogens with zero attached hydrogens (tertiary/aromatic N) is 5. The highest BCUT2D eigenvalue weighted by Gasteiger charge is 2.26. The van der Waals surface area contributed by atoms with Crippen molar-refractivity contribution in [1.29, 1.82) is 0 Å². The van der Waals surface area contributed by atoms with Gasteiger partial charge in [-0.2, -0.15) is 9.97 Å². The smallest absolute Gasteiger partial charge is 0.238 e. The molecule has 0 atom stereocenters. The van der Waals surface area contributed by atoms with Crippen LogP contribution in [0.15, 0.2) is 140 Å². The first kappa shape index (κ1) is 34.1. The number of hydrogen-bond donors (Lipinski definition) is 0. The highest BCUT2D eigenvalue weighted by atomic mass is 15.2. The van der Waals surface area contributed by atoms with E-state index in [-0.39, 0.29) is 0 Å². The average Bonchev–Trinajstić information content (AvgIpc) is 3.78. The van der Waals surface area contributed by atoms with Gasteiger partial charge in [0.2, 0.25) is 5.95 Å². The van der Waals surface area contributed by atoms with Gasteiger partial charge in [-0.15, -0.1) is 10.9 Å². The van der Waals surface area contributed by atoms with E-state index in [0.29, 0.717) is 72.2 Å². The van der Waals surface area contributed by atoms with E-state index in [1.165, 1.54) is 0 Å². The van der Waals surface area contributed by atoms with Gasteiger partial charge in [0.25, 0.3) is 0 Å². The van der Waals surface area contributed by atoms with Crippen LogP contribution in [-0.4, -0.2) is 71.2 Å². The minimum atomic E-state index is 0.336. The predicted molar refractivity (Wildman–Crippen MR) is 237 cm³/mol. The molecule has 0 saturated heterocycles. The summed E-state index contributed by atoms with van der Waals surface area (Å²) in [5.41, 5.74) is 9.80. The summed E-state index contributed by atoms with van der Waals surface area (Å²) in [6.45, 7) is 0. The van der Waals surface area contributed by atoms with Crippen LogP contribution in [0.2, 0.25) is 0 Å². The molecule has 11 heteroatoms. The monoisotopic (exact) mass is 699 g/mol. The summed E-state index contributed by atoms with van der Waals surface area (Å²) in [6, 6.07) is 45.6. The SMILES string of the molecule is [B]c1cc([B])c2c(c1[B])c1c3c4c([B])c([B])cc([B])c4n(-c4nc(-c5ccccc5)nc(-c5ccccc5)n4)c3ccc1n2-c1cccc(-c2ccccc2)c1. The molecule has 10 aromatic rings. The van der Waals surface area contributed by atoms with Crippen LogP contribution >= 0.6 is 0 Å². The van der Waals surface area contributed by atoms with Crippen LogP contribution in [0.1, 0.15) is 0 Å². The highest BCUT2D eigenvalue weighted by molar-refractivity contribution is 6.61. The molecule has 0 N–H and O–H groups in total. The van der Waals surface area contributed by atoms with Crippen LogP contribution in [0.5, 0.6) is 0 Å². The van der Waals surface area contributed by atoms with E-state index in [1.54, 1.807) is 12.1 Å². The molecule has 0 spiro atoms. The van der Waals surface area contributed by atoms with Gasteiger partial charge in [0.05, 0.1) is 11.0 Å². The van der Waals surface area contributed by atoms with E-state index in [2.05, 4.69) is 34.9 Å². The lowest BCUT2D eigenvalue weighted by molar-refractivity contribution is 0.955. The van der Waals surface area contributed by atoms with Crippen LogP contribution in [0, 0.1) is 0 Å². The van der Waals surface area contributed by atoms with E-state index in [0.717, 1.165) is 49.7 Å².